The highest BCUT2D eigenvalue weighted by atomic mass is 16.5. The first-order chi connectivity index (χ1) is 8.28. The lowest BCUT2D eigenvalue weighted by Crippen LogP contribution is -2.34. The molecule has 0 bridgehead atoms. The minimum atomic E-state index is -0.0893. The van der Waals surface area contributed by atoms with Crippen LogP contribution in [-0.4, -0.2) is 5.60 Å². The Kier molecular flexibility index (Phi) is 3.68. The largest absolute Gasteiger partial charge is 0.483 e. The summed E-state index contributed by atoms with van der Waals surface area (Å²) in [6.07, 6.45) is 10.9. The van der Waals surface area contributed by atoms with Crippen molar-refractivity contribution in [3.8, 4) is 5.75 Å². The topological polar surface area (TPSA) is 9.23 Å². The van der Waals surface area contributed by atoms with E-state index in [0.717, 1.165) is 24.2 Å². The first kappa shape index (κ1) is 12.0. The van der Waals surface area contributed by atoms with Crippen LogP contribution in [0.3, 0.4) is 0 Å². The Labute approximate surface area is 104 Å². The van der Waals surface area contributed by atoms with Gasteiger partial charge in [-0.25, -0.2) is 0 Å². The van der Waals surface area contributed by atoms with Crippen LogP contribution in [0.15, 0.2) is 43.0 Å². The second-order valence-corrected chi connectivity index (χ2v) is 4.59. The first-order valence-electron chi connectivity index (χ1n) is 6.37. The van der Waals surface area contributed by atoms with Gasteiger partial charge in [0.2, 0.25) is 0 Å². The molecule has 0 spiro atoms. The van der Waals surface area contributed by atoms with Crippen molar-refractivity contribution in [1.29, 1.82) is 0 Å². The highest BCUT2D eigenvalue weighted by molar-refractivity contribution is 5.48. The lowest BCUT2D eigenvalue weighted by Gasteiger charge is -2.33. The average molecular weight is 228 g/mol. The predicted octanol–water partition coefficient (Wildman–Crippen LogP) is 4.60. The fraction of sp³-hybridized carbons (Fsp3) is 0.375. The second-order valence-electron chi connectivity index (χ2n) is 4.59. The molecule has 0 heterocycles. The maximum Gasteiger partial charge on any atom is 0.127 e. The summed E-state index contributed by atoms with van der Waals surface area (Å²) >= 11 is 0. The summed E-state index contributed by atoms with van der Waals surface area (Å²) < 4.78 is 6.17. The number of ether oxygens (including phenoxy) is 1. The fourth-order valence-electron chi connectivity index (χ4n) is 2.26. The van der Waals surface area contributed by atoms with Crippen LogP contribution in [0.5, 0.6) is 5.75 Å². The molecule has 90 valence electrons. The predicted molar refractivity (Wildman–Crippen MR) is 73.2 cm³/mol. The van der Waals surface area contributed by atoms with Crippen molar-refractivity contribution in [3.05, 3.63) is 48.6 Å². The van der Waals surface area contributed by atoms with E-state index >= 15 is 0 Å². The normalized spacial score (nSPS) is 23.4. The van der Waals surface area contributed by atoms with E-state index in [9.17, 15) is 0 Å². The zero-order chi connectivity index (χ0) is 12.1. The molecule has 0 amide bonds. The molecular formula is C16H20O. The Morgan fingerprint density at radius 1 is 1.35 bits per heavy atom. The number of rotatable bonds is 4. The van der Waals surface area contributed by atoms with E-state index in [1.54, 1.807) is 0 Å². The van der Waals surface area contributed by atoms with E-state index < -0.39 is 0 Å². The molecule has 0 N–H and O–H groups in total. The van der Waals surface area contributed by atoms with Crippen LogP contribution in [-0.2, 0) is 0 Å². The minimum Gasteiger partial charge on any atom is -0.483 e. The summed E-state index contributed by atoms with van der Waals surface area (Å²) in [5, 5.41) is 0. The van der Waals surface area contributed by atoms with E-state index in [4.69, 9.17) is 4.74 Å². The van der Waals surface area contributed by atoms with Crippen LogP contribution in [0.4, 0.5) is 0 Å². The molecule has 0 radical (unpaired) electrons. The van der Waals surface area contributed by atoms with Gasteiger partial charge in [0, 0.05) is 0 Å². The van der Waals surface area contributed by atoms with E-state index in [0.29, 0.717) is 0 Å². The van der Waals surface area contributed by atoms with Gasteiger partial charge >= 0.3 is 0 Å². The minimum absolute atomic E-state index is 0.0893. The van der Waals surface area contributed by atoms with Crippen LogP contribution in [0.1, 0.15) is 38.2 Å². The molecule has 1 atom stereocenters. The fourth-order valence-corrected chi connectivity index (χ4v) is 2.26. The third kappa shape index (κ3) is 2.79. The van der Waals surface area contributed by atoms with Gasteiger partial charge in [0.05, 0.1) is 0 Å². The molecule has 1 heteroatoms. The molecule has 1 aliphatic carbocycles. The average Bonchev–Trinajstić information content (AvgIpc) is 2.41. The SMILES string of the molecule is C=Cc1ccc(OC2(CC)C=CCCC2)cc1. The summed E-state index contributed by atoms with van der Waals surface area (Å²) in [7, 11) is 0. The van der Waals surface area contributed by atoms with Crippen LogP contribution in [0.2, 0.25) is 0 Å². The number of hydrogen-bond acceptors (Lipinski definition) is 1. The van der Waals surface area contributed by atoms with Crippen molar-refractivity contribution in [2.45, 2.75) is 38.2 Å². The summed E-state index contributed by atoms with van der Waals surface area (Å²) in [6, 6.07) is 8.13. The quantitative estimate of drug-likeness (QED) is 0.684. The lowest BCUT2D eigenvalue weighted by molar-refractivity contribution is 0.0983. The van der Waals surface area contributed by atoms with Crippen molar-refractivity contribution in [2.24, 2.45) is 0 Å². The molecule has 1 unspecified atom stereocenters. The molecule has 1 aromatic rings. The van der Waals surface area contributed by atoms with Gasteiger partial charge in [-0.05, 0) is 49.5 Å². The van der Waals surface area contributed by atoms with Gasteiger partial charge in [-0.3, -0.25) is 0 Å². The smallest absolute Gasteiger partial charge is 0.127 e. The van der Waals surface area contributed by atoms with Crippen molar-refractivity contribution in [2.75, 3.05) is 0 Å². The van der Waals surface area contributed by atoms with Gasteiger partial charge in [0.25, 0.3) is 0 Å². The molecule has 0 saturated carbocycles. The number of hydrogen-bond donors (Lipinski definition) is 0. The van der Waals surface area contributed by atoms with Crippen LogP contribution >= 0.6 is 0 Å². The van der Waals surface area contributed by atoms with E-state index in [1.165, 1.54) is 12.8 Å². The molecule has 1 aromatic carbocycles. The van der Waals surface area contributed by atoms with Crippen molar-refractivity contribution in [1.82, 2.24) is 0 Å². The third-order valence-electron chi connectivity index (χ3n) is 3.43. The van der Waals surface area contributed by atoms with Gasteiger partial charge in [0.15, 0.2) is 0 Å². The number of allylic oxidation sites excluding steroid dienone is 1. The molecule has 0 saturated heterocycles. The Bertz CT molecular complexity index is 402. The molecule has 0 fully saturated rings. The number of benzene rings is 1. The van der Waals surface area contributed by atoms with Gasteiger partial charge in [-0.2, -0.15) is 0 Å². The standard InChI is InChI=1S/C16H20O/c1-3-14-8-10-15(11-9-14)17-16(4-2)12-6-5-7-13-16/h3,6,8-12H,1,4-5,7,13H2,2H3. The van der Waals surface area contributed by atoms with E-state index in [1.807, 2.05) is 30.3 Å². The highest BCUT2D eigenvalue weighted by Crippen LogP contribution is 2.31. The van der Waals surface area contributed by atoms with Crippen molar-refractivity contribution in [3.63, 3.8) is 0 Å². The third-order valence-corrected chi connectivity index (χ3v) is 3.43. The molecule has 1 aliphatic rings. The molecule has 0 aliphatic heterocycles. The van der Waals surface area contributed by atoms with Crippen LogP contribution in [0, 0.1) is 0 Å². The Hall–Kier alpha value is -1.50. The summed E-state index contributed by atoms with van der Waals surface area (Å²) in [4.78, 5) is 0. The van der Waals surface area contributed by atoms with Crippen LogP contribution in [0.25, 0.3) is 6.08 Å². The Morgan fingerprint density at radius 3 is 2.65 bits per heavy atom. The van der Waals surface area contributed by atoms with Crippen molar-refractivity contribution < 1.29 is 4.74 Å². The van der Waals surface area contributed by atoms with Gasteiger partial charge < -0.3 is 4.74 Å². The second kappa shape index (κ2) is 5.22. The molecule has 1 nitrogen and oxygen atoms in total. The monoisotopic (exact) mass is 228 g/mol. The summed E-state index contributed by atoms with van der Waals surface area (Å²) in [6.45, 7) is 5.94. The first-order valence-corrected chi connectivity index (χ1v) is 6.37. The maximum atomic E-state index is 6.17. The lowest BCUT2D eigenvalue weighted by atomic mass is 9.88. The summed E-state index contributed by atoms with van der Waals surface area (Å²) in [5.74, 6) is 0.948. The zero-order valence-corrected chi connectivity index (χ0v) is 10.5. The molecule has 0 aromatic heterocycles. The Morgan fingerprint density at radius 2 is 2.12 bits per heavy atom. The van der Waals surface area contributed by atoms with E-state index in [-0.39, 0.29) is 5.60 Å². The zero-order valence-electron chi connectivity index (χ0n) is 10.5. The molecule has 2 rings (SSSR count). The highest BCUT2D eigenvalue weighted by Gasteiger charge is 2.28. The van der Waals surface area contributed by atoms with Gasteiger partial charge in [-0.1, -0.05) is 37.8 Å². The molecule has 17 heavy (non-hydrogen) atoms. The Balaban J connectivity index is 2.14. The summed E-state index contributed by atoms with van der Waals surface area (Å²) in [5.41, 5.74) is 1.04. The van der Waals surface area contributed by atoms with E-state index in [2.05, 4.69) is 25.7 Å². The van der Waals surface area contributed by atoms with Gasteiger partial charge in [0.1, 0.15) is 11.4 Å². The van der Waals surface area contributed by atoms with Gasteiger partial charge in [-0.15, -0.1) is 0 Å². The molecular weight excluding hydrogens is 208 g/mol. The maximum absolute atomic E-state index is 6.17. The van der Waals surface area contributed by atoms with Crippen molar-refractivity contribution >= 4 is 6.08 Å². The van der Waals surface area contributed by atoms with Crippen LogP contribution < -0.4 is 4.74 Å².